The van der Waals surface area contributed by atoms with Crippen LogP contribution in [0.2, 0.25) is 0 Å². The lowest BCUT2D eigenvalue weighted by Gasteiger charge is -2.26. The fourth-order valence-electron chi connectivity index (χ4n) is 1.80. The molecule has 94 valence electrons. The van der Waals surface area contributed by atoms with E-state index in [-0.39, 0.29) is 10.8 Å². The van der Waals surface area contributed by atoms with Gasteiger partial charge in [0.25, 0.3) is 0 Å². The fourth-order valence-corrected chi connectivity index (χ4v) is 2.26. The largest absolute Gasteiger partial charge is 0.303 e. The fraction of sp³-hybridized carbons (Fsp3) is 0.600. The summed E-state index contributed by atoms with van der Waals surface area (Å²) in [7, 11) is 0. The lowest BCUT2D eigenvalue weighted by Crippen LogP contribution is -2.16. The molecule has 0 spiro atoms. The van der Waals surface area contributed by atoms with Crippen LogP contribution < -0.4 is 4.31 Å². The number of rotatable bonds is 1. The molecule has 0 N–H and O–H groups in total. The van der Waals surface area contributed by atoms with Crippen LogP contribution in [0.5, 0.6) is 0 Å². The molecule has 17 heavy (non-hydrogen) atoms. The van der Waals surface area contributed by atoms with Gasteiger partial charge in [0, 0.05) is 5.69 Å². The van der Waals surface area contributed by atoms with Crippen LogP contribution in [0.3, 0.4) is 0 Å². The van der Waals surface area contributed by atoms with E-state index in [9.17, 15) is 0 Å². The van der Waals surface area contributed by atoms with Crippen LogP contribution in [0.4, 0.5) is 5.69 Å². The molecule has 1 fully saturated rings. The van der Waals surface area contributed by atoms with Gasteiger partial charge in [0.15, 0.2) is 0 Å². The Bertz CT molecular complexity index is 387. The molecule has 0 bridgehead atoms. The molecule has 1 heterocycles. The lowest BCUT2D eigenvalue weighted by molar-refractivity contribution is 0.569. The maximum atomic E-state index is 2.37. The summed E-state index contributed by atoms with van der Waals surface area (Å²) in [4.78, 5) is 0. The van der Waals surface area contributed by atoms with Crippen molar-refractivity contribution in [1.29, 1.82) is 0 Å². The Labute approximate surface area is 110 Å². The summed E-state index contributed by atoms with van der Waals surface area (Å²) in [5.41, 5.74) is 4.68. The van der Waals surface area contributed by atoms with Crippen molar-refractivity contribution in [1.82, 2.24) is 0 Å². The average Bonchev–Trinajstić information content (AvgIpc) is 2.97. The molecule has 2 heteroatoms. The molecule has 0 aromatic heterocycles. The van der Waals surface area contributed by atoms with E-state index in [2.05, 4.69) is 64.0 Å². The second-order valence-corrected chi connectivity index (χ2v) is 7.86. The summed E-state index contributed by atoms with van der Waals surface area (Å²) in [6.07, 6.45) is 0. The summed E-state index contributed by atoms with van der Waals surface area (Å²) in [5.74, 6) is 1.14. The Morgan fingerprint density at radius 2 is 1.29 bits per heavy atom. The maximum absolute atomic E-state index is 2.37. The SMILES string of the molecule is CC(C)(C)c1cc(N2CS2)cc(C(C)(C)C)c1. The van der Waals surface area contributed by atoms with E-state index in [4.69, 9.17) is 0 Å². The zero-order valence-electron chi connectivity index (χ0n) is 11.8. The number of hydrogen-bond acceptors (Lipinski definition) is 2. The van der Waals surface area contributed by atoms with Gasteiger partial charge in [-0.3, -0.25) is 0 Å². The van der Waals surface area contributed by atoms with Crippen molar-refractivity contribution >= 4 is 17.6 Å². The summed E-state index contributed by atoms with van der Waals surface area (Å²) in [5, 5.41) is 0. The molecular formula is C15H23NS. The Hall–Kier alpha value is -0.630. The number of benzene rings is 1. The minimum atomic E-state index is 0.219. The summed E-state index contributed by atoms with van der Waals surface area (Å²) >= 11 is 1.89. The Balaban J connectivity index is 2.50. The van der Waals surface area contributed by atoms with Gasteiger partial charge < -0.3 is 4.31 Å². The van der Waals surface area contributed by atoms with Gasteiger partial charge in [-0.2, -0.15) is 0 Å². The zero-order valence-corrected chi connectivity index (χ0v) is 12.6. The van der Waals surface area contributed by atoms with Gasteiger partial charge in [-0.15, -0.1) is 0 Å². The molecule has 2 rings (SSSR count). The van der Waals surface area contributed by atoms with Gasteiger partial charge >= 0.3 is 0 Å². The third kappa shape index (κ3) is 2.98. The van der Waals surface area contributed by atoms with E-state index in [1.807, 2.05) is 11.9 Å². The second-order valence-electron chi connectivity index (χ2n) is 6.91. The molecule has 1 aromatic rings. The molecule has 1 aromatic carbocycles. The van der Waals surface area contributed by atoms with Crippen LogP contribution in [0.25, 0.3) is 0 Å². The highest BCUT2D eigenvalue weighted by molar-refractivity contribution is 8.07. The first-order valence-electron chi connectivity index (χ1n) is 6.24. The maximum Gasteiger partial charge on any atom is 0.0950 e. The van der Waals surface area contributed by atoms with Gasteiger partial charge in [0.2, 0.25) is 0 Å². The molecule has 0 amide bonds. The van der Waals surface area contributed by atoms with Crippen molar-refractivity contribution in [2.24, 2.45) is 0 Å². The van der Waals surface area contributed by atoms with Crippen molar-refractivity contribution in [3.8, 4) is 0 Å². The number of anilines is 1. The molecule has 0 unspecified atom stereocenters. The third-order valence-corrected chi connectivity index (χ3v) is 3.92. The van der Waals surface area contributed by atoms with Crippen LogP contribution in [-0.2, 0) is 10.8 Å². The van der Waals surface area contributed by atoms with Crippen LogP contribution in [0, 0.1) is 0 Å². The lowest BCUT2D eigenvalue weighted by atomic mass is 9.80. The van der Waals surface area contributed by atoms with E-state index in [0.717, 1.165) is 5.88 Å². The Kier molecular flexibility index (Phi) is 2.97. The highest BCUT2D eigenvalue weighted by atomic mass is 32.2. The zero-order chi connectivity index (χ0) is 12.8. The molecule has 0 atom stereocenters. The van der Waals surface area contributed by atoms with E-state index in [1.165, 1.54) is 16.8 Å². The standard InChI is InChI=1S/C15H23NS/c1-14(2,3)11-7-12(15(4,5)6)9-13(8-11)16-10-17-16/h7-9H,10H2,1-6H3. The minimum absolute atomic E-state index is 0.219. The van der Waals surface area contributed by atoms with Gasteiger partial charge in [0.05, 0.1) is 5.88 Å². The predicted octanol–water partition coefficient (Wildman–Crippen LogP) is 4.71. The van der Waals surface area contributed by atoms with Crippen molar-refractivity contribution in [2.75, 3.05) is 10.2 Å². The van der Waals surface area contributed by atoms with Crippen LogP contribution in [0.15, 0.2) is 18.2 Å². The molecule has 1 aliphatic heterocycles. The summed E-state index contributed by atoms with van der Waals surface area (Å²) in [6.45, 7) is 13.7. The smallest absolute Gasteiger partial charge is 0.0950 e. The molecule has 1 nitrogen and oxygen atoms in total. The van der Waals surface area contributed by atoms with Crippen LogP contribution in [0.1, 0.15) is 52.7 Å². The predicted molar refractivity (Wildman–Crippen MR) is 78.8 cm³/mol. The highest BCUT2D eigenvalue weighted by Gasteiger charge is 2.25. The van der Waals surface area contributed by atoms with Crippen molar-refractivity contribution in [3.05, 3.63) is 29.3 Å². The first-order valence-corrected chi connectivity index (χ1v) is 7.19. The quantitative estimate of drug-likeness (QED) is 0.524. The first kappa shape index (κ1) is 12.8. The number of hydrogen-bond donors (Lipinski definition) is 0. The Morgan fingerprint density at radius 3 is 1.59 bits per heavy atom. The molecule has 0 saturated carbocycles. The van der Waals surface area contributed by atoms with E-state index in [1.54, 1.807) is 0 Å². The molecule has 1 saturated heterocycles. The third-order valence-electron chi connectivity index (χ3n) is 3.20. The van der Waals surface area contributed by atoms with E-state index in [0.29, 0.717) is 0 Å². The molecule has 0 aliphatic carbocycles. The van der Waals surface area contributed by atoms with Gasteiger partial charge in [-0.25, -0.2) is 0 Å². The first-order chi connectivity index (χ1) is 7.68. The highest BCUT2D eigenvalue weighted by Crippen LogP contribution is 2.40. The molecule has 1 aliphatic rings. The molecular weight excluding hydrogens is 226 g/mol. The van der Waals surface area contributed by atoms with Gasteiger partial charge in [0.1, 0.15) is 0 Å². The average molecular weight is 249 g/mol. The van der Waals surface area contributed by atoms with Crippen molar-refractivity contribution in [2.45, 2.75) is 52.4 Å². The van der Waals surface area contributed by atoms with Gasteiger partial charge in [-0.1, -0.05) is 47.6 Å². The number of nitrogens with zero attached hydrogens (tertiary/aromatic N) is 1. The summed E-state index contributed by atoms with van der Waals surface area (Å²) in [6, 6.07) is 7.06. The second kappa shape index (κ2) is 3.94. The molecule has 0 radical (unpaired) electrons. The van der Waals surface area contributed by atoms with E-state index < -0.39 is 0 Å². The monoisotopic (exact) mass is 249 g/mol. The minimum Gasteiger partial charge on any atom is -0.303 e. The Morgan fingerprint density at radius 1 is 0.882 bits per heavy atom. The van der Waals surface area contributed by atoms with E-state index >= 15 is 0 Å². The van der Waals surface area contributed by atoms with Gasteiger partial charge in [-0.05, 0) is 46.0 Å². The van der Waals surface area contributed by atoms with Crippen molar-refractivity contribution in [3.63, 3.8) is 0 Å². The van der Waals surface area contributed by atoms with Crippen LogP contribution in [-0.4, -0.2) is 5.88 Å². The summed E-state index contributed by atoms with van der Waals surface area (Å²) < 4.78 is 2.35. The van der Waals surface area contributed by atoms with Crippen LogP contribution >= 0.6 is 11.9 Å². The van der Waals surface area contributed by atoms with Crippen molar-refractivity contribution < 1.29 is 0 Å². The normalized spacial score (nSPS) is 16.2. The topological polar surface area (TPSA) is 3.01 Å².